The van der Waals surface area contributed by atoms with Crippen molar-refractivity contribution < 1.29 is 9.53 Å². The average molecular weight is 176 g/mol. The number of nitriles is 2. The van der Waals surface area contributed by atoms with Gasteiger partial charge in [-0.1, -0.05) is 0 Å². The van der Waals surface area contributed by atoms with Crippen LogP contribution in [0.5, 0.6) is 0 Å². The molecule has 0 fully saturated rings. The van der Waals surface area contributed by atoms with E-state index >= 15 is 0 Å². The van der Waals surface area contributed by atoms with Gasteiger partial charge in [0.15, 0.2) is 5.92 Å². The molecule has 0 amide bonds. The van der Waals surface area contributed by atoms with E-state index in [0.29, 0.717) is 0 Å². The van der Waals surface area contributed by atoms with Gasteiger partial charge in [-0.2, -0.15) is 10.5 Å². The van der Waals surface area contributed by atoms with Gasteiger partial charge in [0.1, 0.15) is 0 Å². The molecule has 0 N–H and O–H groups in total. The van der Waals surface area contributed by atoms with E-state index in [1.807, 2.05) is 0 Å². The number of esters is 1. The number of hydrogen-bond acceptors (Lipinski definition) is 4. The predicted molar refractivity (Wildman–Crippen MR) is 43.1 cm³/mol. The van der Waals surface area contributed by atoms with E-state index in [4.69, 9.17) is 10.5 Å². The Morgan fingerprint density at radius 2 is 2.17 bits per heavy atom. The molecule has 0 saturated heterocycles. The maximum absolute atomic E-state index is 10.8. The average Bonchev–Trinajstić information content (AvgIpc) is 2.00. The summed E-state index contributed by atoms with van der Waals surface area (Å²) in [6, 6.07) is 3.43. The second-order valence-electron chi connectivity index (χ2n) is 1.80. The molecule has 0 radical (unpaired) electrons. The van der Waals surface area contributed by atoms with Crippen molar-refractivity contribution in [2.24, 2.45) is 5.92 Å². The first-order valence-corrected chi connectivity index (χ1v) is 3.19. The summed E-state index contributed by atoms with van der Waals surface area (Å²) in [6.07, 6.45) is -0.102. The zero-order chi connectivity index (χ0) is 8.69. The fourth-order valence-corrected chi connectivity index (χ4v) is 0.516. The van der Waals surface area contributed by atoms with Crippen LogP contribution in [0.1, 0.15) is 13.3 Å². The molecule has 0 aliphatic carbocycles. The summed E-state index contributed by atoms with van der Waals surface area (Å²) in [5, 5.41) is 16.5. The molecule has 0 aromatic rings. The van der Waals surface area contributed by atoms with Crippen molar-refractivity contribution in [3.05, 3.63) is 0 Å². The number of carbonyl (C=O) groups excluding carboxylic acids is 1. The zero-order valence-electron chi connectivity index (χ0n) is 6.20. The van der Waals surface area contributed by atoms with Gasteiger partial charge in [0.05, 0.1) is 25.2 Å². The summed E-state index contributed by atoms with van der Waals surface area (Å²) in [6.45, 7) is 1.89. The topological polar surface area (TPSA) is 73.9 Å². The number of nitrogens with zero attached hydrogens (tertiary/aromatic N) is 2. The first-order chi connectivity index (χ1) is 5.26. The third kappa shape index (κ3) is 5.15. The van der Waals surface area contributed by atoms with Crippen molar-refractivity contribution in [2.75, 3.05) is 6.61 Å². The van der Waals surface area contributed by atoms with Crippen LogP contribution in [0, 0.1) is 28.6 Å². The maximum atomic E-state index is 10.8. The Morgan fingerprint density at radius 1 is 1.58 bits per heavy atom. The Balaban J connectivity index is 0. The Morgan fingerprint density at radius 3 is 2.50 bits per heavy atom. The molecule has 0 heterocycles. The molecular formula is C7H9N2NaO2. The molecular weight excluding hydrogens is 167 g/mol. The molecule has 0 aromatic heterocycles. The Bertz CT molecular complexity index is 216. The van der Waals surface area contributed by atoms with Gasteiger partial charge in [0.2, 0.25) is 0 Å². The fourth-order valence-electron chi connectivity index (χ4n) is 0.516. The molecule has 0 saturated carbocycles. The molecule has 0 rings (SSSR count). The number of hydrogen-bond donors (Lipinski definition) is 0. The number of carbonyl (C=O) groups is 1. The van der Waals surface area contributed by atoms with E-state index in [-0.39, 0.29) is 42.6 Å². The summed E-state index contributed by atoms with van der Waals surface area (Å²) in [7, 11) is 0. The molecule has 1 atom stereocenters. The van der Waals surface area contributed by atoms with E-state index in [1.54, 1.807) is 19.1 Å². The molecule has 0 spiro atoms. The first kappa shape index (κ1) is 14.0. The van der Waals surface area contributed by atoms with Crippen molar-refractivity contribution in [3.8, 4) is 12.1 Å². The van der Waals surface area contributed by atoms with Gasteiger partial charge in [-0.15, -0.1) is 0 Å². The summed E-state index contributed by atoms with van der Waals surface area (Å²) in [5.41, 5.74) is 0. The van der Waals surface area contributed by atoms with Crippen LogP contribution in [0.15, 0.2) is 0 Å². The quantitative estimate of drug-likeness (QED) is 0.446. The molecule has 0 aliphatic heterocycles. The standard InChI is InChI=1S/C7H8N2O2.Na.H/c1-2-11-7(10)6(5-9)3-4-8;;/h6H,2-3H2,1H3;;. The van der Waals surface area contributed by atoms with Gasteiger partial charge in [-0.25, -0.2) is 0 Å². The van der Waals surface area contributed by atoms with Crippen molar-refractivity contribution in [1.29, 1.82) is 10.5 Å². The molecule has 12 heavy (non-hydrogen) atoms. The van der Waals surface area contributed by atoms with Gasteiger partial charge < -0.3 is 4.74 Å². The van der Waals surface area contributed by atoms with E-state index in [0.717, 1.165) is 0 Å². The van der Waals surface area contributed by atoms with Crippen LogP contribution < -0.4 is 0 Å². The number of ether oxygens (including phenoxy) is 1. The zero-order valence-corrected chi connectivity index (χ0v) is 6.20. The monoisotopic (exact) mass is 176 g/mol. The van der Waals surface area contributed by atoms with E-state index < -0.39 is 11.9 Å². The van der Waals surface area contributed by atoms with Crippen LogP contribution in [0.2, 0.25) is 0 Å². The number of rotatable bonds is 3. The molecule has 0 aromatic carbocycles. The summed E-state index contributed by atoms with van der Waals surface area (Å²) < 4.78 is 4.53. The van der Waals surface area contributed by atoms with E-state index in [9.17, 15) is 4.79 Å². The Hall–Kier alpha value is -0.550. The van der Waals surface area contributed by atoms with Crippen LogP contribution in [0.25, 0.3) is 0 Å². The van der Waals surface area contributed by atoms with Crippen LogP contribution in [0.3, 0.4) is 0 Å². The van der Waals surface area contributed by atoms with E-state index in [2.05, 4.69) is 4.74 Å². The molecule has 60 valence electrons. The van der Waals surface area contributed by atoms with Crippen molar-refractivity contribution in [2.45, 2.75) is 13.3 Å². The second-order valence-corrected chi connectivity index (χ2v) is 1.80. The molecule has 0 bridgehead atoms. The Labute approximate surface area is 93.4 Å². The SMILES string of the molecule is CCOC(=O)C(C#N)CC#N.[NaH]. The summed E-state index contributed by atoms with van der Waals surface area (Å²) in [5.74, 6) is -1.54. The van der Waals surface area contributed by atoms with E-state index in [1.165, 1.54) is 0 Å². The van der Waals surface area contributed by atoms with Crippen LogP contribution in [0.4, 0.5) is 0 Å². The molecule has 1 unspecified atom stereocenters. The van der Waals surface area contributed by atoms with Gasteiger partial charge in [-0.05, 0) is 6.92 Å². The predicted octanol–water partition coefficient (Wildman–Crippen LogP) is -0.0455. The van der Waals surface area contributed by atoms with Gasteiger partial charge in [-0.3, -0.25) is 4.79 Å². The first-order valence-electron chi connectivity index (χ1n) is 3.19. The van der Waals surface area contributed by atoms with Crippen LogP contribution in [-0.4, -0.2) is 42.1 Å². The van der Waals surface area contributed by atoms with Gasteiger partial charge in [0, 0.05) is 0 Å². The van der Waals surface area contributed by atoms with Crippen molar-refractivity contribution in [3.63, 3.8) is 0 Å². The minimum atomic E-state index is -0.931. The molecule has 0 aliphatic rings. The minimum absolute atomic E-state index is 0. The molecule has 4 nitrogen and oxygen atoms in total. The van der Waals surface area contributed by atoms with Crippen LogP contribution in [-0.2, 0) is 9.53 Å². The van der Waals surface area contributed by atoms with Crippen LogP contribution >= 0.6 is 0 Å². The third-order valence-electron chi connectivity index (χ3n) is 1.02. The Kier molecular flexibility index (Phi) is 9.97. The fraction of sp³-hybridized carbons (Fsp3) is 0.571. The summed E-state index contributed by atoms with van der Waals surface area (Å²) in [4.78, 5) is 10.8. The van der Waals surface area contributed by atoms with Gasteiger partial charge >= 0.3 is 35.5 Å². The molecule has 5 heteroatoms. The summed E-state index contributed by atoms with van der Waals surface area (Å²) >= 11 is 0. The normalized spacial score (nSPS) is 9.92. The van der Waals surface area contributed by atoms with Crippen molar-refractivity contribution in [1.82, 2.24) is 0 Å². The van der Waals surface area contributed by atoms with Gasteiger partial charge in [0.25, 0.3) is 0 Å². The second kappa shape index (κ2) is 8.55. The van der Waals surface area contributed by atoms with Crippen molar-refractivity contribution >= 4 is 35.5 Å². The third-order valence-corrected chi connectivity index (χ3v) is 1.02.